The van der Waals surface area contributed by atoms with Crippen molar-refractivity contribution in [1.29, 1.82) is 0 Å². The molecule has 2 nitrogen and oxygen atoms in total. The summed E-state index contributed by atoms with van der Waals surface area (Å²) in [5, 5.41) is 3.54. The summed E-state index contributed by atoms with van der Waals surface area (Å²) in [5.41, 5.74) is 0.392. The van der Waals surface area contributed by atoms with Crippen LogP contribution in [0.15, 0.2) is 0 Å². The van der Waals surface area contributed by atoms with E-state index in [4.69, 9.17) is 0 Å². The van der Waals surface area contributed by atoms with Gasteiger partial charge in [0.2, 0.25) is 0 Å². The first-order chi connectivity index (χ1) is 4.52. The molecule has 2 heteroatoms. The second-order valence-corrected chi connectivity index (χ2v) is 4.03. The maximum atomic E-state index is 3.54. The molecule has 1 heterocycles. The molecule has 0 aliphatic carbocycles. The van der Waals surface area contributed by atoms with E-state index in [9.17, 15) is 0 Å². The van der Waals surface area contributed by atoms with Crippen LogP contribution in [0.4, 0.5) is 0 Å². The third-order valence-electron chi connectivity index (χ3n) is 1.87. The molecule has 0 bridgehead atoms. The van der Waals surface area contributed by atoms with E-state index in [0.29, 0.717) is 11.6 Å². The molecule has 0 amide bonds. The summed E-state index contributed by atoms with van der Waals surface area (Å²) in [4.78, 5) is 2.33. The van der Waals surface area contributed by atoms with Gasteiger partial charge in [-0.3, -0.25) is 0 Å². The van der Waals surface area contributed by atoms with Gasteiger partial charge in [0, 0.05) is 24.7 Å². The molecular weight excluding hydrogens is 124 g/mol. The van der Waals surface area contributed by atoms with Gasteiger partial charge in [0.15, 0.2) is 0 Å². The Labute approximate surface area is 63.6 Å². The summed E-state index contributed by atoms with van der Waals surface area (Å²) >= 11 is 0. The maximum absolute atomic E-state index is 3.54. The molecule has 60 valence electrons. The molecule has 1 saturated heterocycles. The van der Waals surface area contributed by atoms with E-state index in [2.05, 4.69) is 38.0 Å². The minimum Gasteiger partial charge on any atom is -0.307 e. The summed E-state index contributed by atoms with van der Waals surface area (Å²) in [5.74, 6) is 0. The minimum atomic E-state index is 0.392. The third-order valence-corrected chi connectivity index (χ3v) is 1.87. The zero-order valence-corrected chi connectivity index (χ0v) is 7.44. The Morgan fingerprint density at radius 2 is 1.90 bits per heavy atom. The van der Waals surface area contributed by atoms with Crippen molar-refractivity contribution in [2.24, 2.45) is 0 Å². The van der Waals surface area contributed by atoms with Crippen LogP contribution in [0.3, 0.4) is 0 Å². The van der Waals surface area contributed by atoms with Crippen LogP contribution in [0, 0.1) is 0 Å². The average molecular weight is 142 g/mol. The van der Waals surface area contributed by atoms with Crippen molar-refractivity contribution in [3.63, 3.8) is 0 Å². The molecule has 0 aromatic rings. The predicted molar refractivity (Wildman–Crippen MR) is 44.2 cm³/mol. The van der Waals surface area contributed by atoms with Crippen molar-refractivity contribution >= 4 is 0 Å². The lowest BCUT2D eigenvalue weighted by Gasteiger charge is -2.48. The summed E-state index contributed by atoms with van der Waals surface area (Å²) in [6.07, 6.45) is 0. The highest BCUT2D eigenvalue weighted by molar-refractivity contribution is 4.98. The average Bonchev–Trinajstić information content (AvgIpc) is 1.57. The molecule has 0 aromatic carbocycles. The van der Waals surface area contributed by atoms with Gasteiger partial charge >= 0.3 is 0 Å². The summed E-state index contributed by atoms with van der Waals surface area (Å²) in [6.45, 7) is 9.05. The third kappa shape index (κ3) is 1.70. The SMILES string of the molecule is CC(C)NC1(C)CN(C)C1. The zero-order valence-electron chi connectivity index (χ0n) is 7.44. The number of nitrogens with one attached hydrogen (secondary N) is 1. The lowest BCUT2D eigenvalue weighted by molar-refractivity contribution is 0.0736. The topological polar surface area (TPSA) is 15.3 Å². The highest BCUT2D eigenvalue weighted by Gasteiger charge is 2.36. The van der Waals surface area contributed by atoms with Crippen LogP contribution in [-0.4, -0.2) is 36.6 Å². The first-order valence-corrected chi connectivity index (χ1v) is 3.98. The Bertz CT molecular complexity index is 114. The van der Waals surface area contributed by atoms with E-state index in [1.165, 1.54) is 13.1 Å². The second-order valence-electron chi connectivity index (χ2n) is 4.03. The molecule has 1 aliphatic heterocycles. The molecule has 0 saturated carbocycles. The normalized spacial score (nSPS) is 24.9. The van der Waals surface area contributed by atoms with Crippen LogP contribution < -0.4 is 5.32 Å². The van der Waals surface area contributed by atoms with Crippen LogP contribution in [-0.2, 0) is 0 Å². The number of hydrogen-bond acceptors (Lipinski definition) is 2. The van der Waals surface area contributed by atoms with Crippen molar-refractivity contribution in [2.75, 3.05) is 20.1 Å². The quantitative estimate of drug-likeness (QED) is 0.610. The summed E-state index contributed by atoms with van der Waals surface area (Å²) < 4.78 is 0. The van der Waals surface area contributed by atoms with Gasteiger partial charge < -0.3 is 10.2 Å². The Morgan fingerprint density at radius 1 is 1.40 bits per heavy atom. The molecule has 0 aromatic heterocycles. The molecule has 10 heavy (non-hydrogen) atoms. The standard InChI is InChI=1S/C8H18N2/c1-7(2)9-8(3)5-10(4)6-8/h7,9H,5-6H2,1-4H3. The van der Waals surface area contributed by atoms with E-state index >= 15 is 0 Å². The molecule has 1 aliphatic rings. The number of likely N-dealkylation sites (tertiary alicyclic amines) is 1. The number of nitrogens with zero attached hydrogens (tertiary/aromatic N) is 1. The molecule has 1 fully saturated rings. The Hall–Kier alpha value is -0.0800. The van der Waals surface area contributed by atoms with Crippen molar-refractivity contribution in [1.82, 2.24) is 10.2 Å². The minimum absolute atomic E-state index is 0.392. The fraction of sp³-hybridized carbons (Fsp3) is 1.00. The summed E-state index contributed by atoms with van der Waals surface area (Å²) in [7, 11) is 2.16. The Balaban J connectivity index is 2.27. The Morgan fingerprint density at radius 3 is 2.20 bits per heavy atom. The van der Waals surface area contributed by atoms with E-state index in [-0.39, 0.29) is 0 Å². The van der Waals surface area contributed by atoms with Gasteiger partial charge in [0.1, 0.15) is 0 Å². The van der Waals surface area contributed by atoms with Gasteiger partial charge in [-0.05, 0) is 14.0 Å². The number of hydrogen-bond donors (Lipinski definition) is 1. The molecular formula is C8H18N2. The van der Waals surface area contributed by atoms with Gasteiger partial charge in [-0.2, -0.15) is 0 Å². The predicted octanol–water partition coefficient (Wildman–Crippen LogP) is 0.688. The van der Waals surface area contributed by atoms with E-state index in [0.717, 1.165) is 0 Å². The molecule has 0 atom stereocenters. The lowest BCUT2D eigenvalue weighted by atomic mass is 9.92. The molecule has 0 radical (unpaired) electrons. The zero-order chi connectivity index (χ0) is 7.78. The van der Waals surface area contributed by atoms with Crippen LogP contribution in [0.2, 0.25) is 0 Å². The number of likely N-dealkylation sites (N-methyl/N-ethyl adjacent to an activating group) is 1. The largest absolute Gasteiger partial charge is 0.307 e. The highest BCUT2D eigenvalue weighted by Crippen LogP contribution is 2.18. The van der Waals surface area contributed by atoms with Crippen molar-refractivity contribution in [3.8, 4) is 0 Å². The molecule has 1 rings (SSSR count). The van der Waals surface area contributed by atoms with Crippen molar-refractivity contribution in [3.05, 3.63) is 0 Å². The molecule has 1 N–H and O–H groups in total. The highest BCUT2D eigenvalue weighted by atomic mass is 15.3. The van der Waals surface area contributed by atoms with Crippen LogP contribution in [0.5, 0.6) is 0 Å². The molecule has 0 spiro atoms. The smallest absolute Gasteiger partial charge is 0.0410 e. The van der Waals surface area contributed by atoms with Gasteiger partial charge in [-0.1, -0.05) is 13.8 Å². The maximum Gasteiger partial charge on any atom is 0.0410 e. The van der Waals surface area contributed by atoms with Gasteiger partial charge in [0.25, 0.3) is 0 Å². The van der Waals surface area contributed by atoms with Crippen LogP contribution in [0.1, 0.15) is 20.8 Å². The second kappa shape index (κ2) is 2.51. The first kappa shape index (κ1) is 8.02. The lowest BCUT2D eigenvalue weighted by Crippen LogP contribution is -2.67. The monoisotopic (exact) mass is 142 g/mol. The number of rotatable bonds is 2. The van der Waals surface area contributed by atoms with E-state index < -0.39 is 0 Å². The summed E-state index contributed by atoms with van der Waals surface area (Å²) in [6, 6.07) is 0.610. The van der Waals surface area contributed by atoms with E-state index in [1.54, 1.807) is 0 Å². The fourth-order valence-electron chi connectivity index (χ4n) is 1.93. The fourth-order valence-corrected chi connectivity index (χ4v) is 1.93. The van der Waals surface area contributed by atoms with Crippen molar-refractivity contribution in [2.45, 2.75) is 32.4 Å². The Kier molecular flexibility index (Phi) is 2.02. The van der Waals surface area contributed by atoms with Crippen LogP contribution >= 0.6 is 0 Å². The van der Waals surface area contributed by atoms with Gasteiger partial charge in [0.05, 0.1) is 0 Å². The van der Waals surface area contributed by atoms with Crippen LogP contribution in [0.25, 0.3) is 0 Å². The first-order valence-electron chi connectivity index (χ1n) is 3.98. The van der Waals surface area contributed by atoms with Crippen molar-refractivity contribution < 1.29 is 0 Å². The van der Waals surface area contributed by atoms with E-state index in [1.807, 2.05) is 0 Å². The van der Waals surface area contributed by atoms with Gasteiger partial charge in [-0.25, -0.2) is 0 Å². The molecule has 0 unspecified atom stereocenters. The van der Waals surface area contributed by atoms with Gasteiger partial charge in [-0.15, -0.1) is 0 Å².